The molecule has 0 unspecified atom stereocenters. The predicted octanol–water partition coefficient (Wildman–Crippen LogP) is 4.66. The van der Waals surface area contributed by atoms with E-state index in [1.165, 1.54) is 0 Å². The maximum absolute atomic E-state index is 12.4. The Morgan fingerprint density at radius 2 is 2.13 bits per heavy atom. The Labute approximate surface area is 142 Å². The van der Waals surface area contributed by atoms with Crippen molar-refractivity contribution >= 4 is 28.9 Å². The Morgan fingerprint density at radius 3 is 2.87 bits per heavy atom. The number of hydrogen-bond acceptors (Lipinski definition) is 3. The number of hydrogen-bond donors (Lipinski definition) is 1. The van der Waals surface area contributed by atoms with Crippen molar-refractivity contribution in [3.05, 3.63) is 52.8 Å². The lowest BCUT2D eigenvalue weighted by Crippen LogP contribution is -2.27. The number of anilines is 2. The standard InChI is InChI=1S/C18H22ClN3O/c1-4-5-9-22(3)18(23)14-10-15(12-20-11-14)21-17-8-6-7-16(19)13(17)2/h6-8,10-12,21H,4-5,9H2,1-3H3. The van der Waals surface area contributed by atoms with Crippen molar-refractivity contribution in [3.63, 3.8) is 0 Å². The van der Waals surface area contributed by atoms with Crippen LogP contribution in [0.5, 0.6) is 0 Å². The highest BCUT2D eigenvalue weighted by Gasteiger charge is 2.12. The number of unbranched alkanes of at least 4 members (excludes halogenated alkanes) is 1. The molecule has 0 aliphatic rings. The van der Waals surface area contributed by atoms with Crippen LogP contribution in [-0.4, -0.2) is 29.4 Å². The van der Waals surface area contributed by atoms with Crippen molar-refractivity contribution in [2.24, 2.45) is 0 Å². The minimum Gasteiger partial charge on any atom is -0.354 e. The van der Waals surface area contributed by atoms with E-state index < -0.39 is 0 Å². The van der Waals surface area contributed by atoms with Crippen LogP contribution in [0.2, 0.25) is 5.02 Å². The van der Waals surface area contributed by atoms with Crippen LogP contribution in [0.25, 0.3) is 0 Å². The second-order valence-electron chi connectivity index (χ2n) is 5.58. The van der Waals surface area contributed by atoms with E-state index in [0.29, 0.717) is 10.6 Å². The fourth-order valence-corrected chi connectivity index (χ4v) is 2.42. The summed E-state index contributed by atoms with van der Waals surface area (Å²) in [7, 11) is 1.82. The number of aromatic nitrogens is 1. The fraction of sp³-hybridized carbons (Fsp3) is 0.333. The van der Waals surface area contributed by atoms with Crippen LogP contribution in [0.15, 0.2) is 36.7 Å². The molecule has 23 heavy (non-hydrogen) atoms. The van der Waals surface area contributed by atoms with Crippen LogP contribution >= 0.6 is 11.6 Å². The molecule has 0 saturated carbocycles. The van der Waals surface area contributed by atoms with E-state index in [1.54, 1.807) is 17.3 Å². The Hall–Kier alpha value is -2.07. The molecule has 0 saturated heterocycles. The third-order valence-electron chi connectivity index (χ3n) is 3.73. The minimum atomic E-state index is -0.0163. The van der Waals surface area contributed by atoms with Gasteiger partial charge in [0.1, 0.15) is 0 Å². The predicted molar refractivity (Wildman–Crippen MR) is 95.6 cm³/mol. The summed E-state index contributed by atoms with van der Waals surface area (Å²) in [6.45, 7) is 4.81. The van der Waals surface area contributed by atoms with Crippen molar-refractivity contribution in [2.75, 3.05) is 18.9 Å². The van der Waals surface area contributed by atoms with Crippen LogP contribution in [0, 0.1) is 6.92 Å². The van der Waals surface area contributed by atoms with Crippen molar-refractivity contribution < 1.29 is 4.79 Å². The van der Waals surface area contributed by atoms with Gasteiger partial charge in [0, 0.05) is 30.5 Å². The van der Waals surface area contributed by atoms with Crippen molar-refractivity contribution in [3.8, 4) is 0 Å². The molecule has 2 rings (SSSR count). The summed E-state index contributed by atoms with van der Waals surface area (Å²) in [5, 5.41) is 3.98. The maximum Gasteiger partial charge on any atom is 0.255 e. The van der Waals surface area contributed by atoms with Gasteiger partial charge >= 0.3 is 0 Å². The van der Waals surface area contributed by atoms with Crippen molar-refractivity contribution in [2.45, 2.75) is 26.7 Å². The fourth-order valence-electron chi connectivity index (χ4n) is 2.24. The van der Waals surface area contributed by atoms with Gasteiger partial charge in [-0.3, -0.25) is 9.78 Å². The van der Waals surface area contributed by atoms with E-state index >= 15 is 0 Å². The summed E-state index contributed by atoms with van der Waals surface area (Å²) < 4.78 is 0. The summed E-state index contributed by atoms with van der Waals surface area (Å²) in [6, 6.07) is 7.50. The van der Waals surface area contributed by atoms with Gasteiger partial charge in [0.2, 0.25) is 0 Å². The van der Waals surface area contributed by atoms with Gasteiger partial charge in [-0.1, -0.05) is 31.0 Å². The number of benzene rings is 1. The Kier molecular flexibility index (Phi) is 5.99. The third-order valence-corrected chi connectivity index (χ3v) is 4.14. The zero-order valence-corrected chi connectivity index (χ0v) is 14.5. The molecule has 1 amide bonds. The lowest BCUT2D eigenvalue weighted by molar-refractivity contribution is 0.0793. The molecule has 0 spiro atoms. The number of nitrogens with one attached hydrogen (secondary N) is 1. The molecule has 1 aromatic carbocycles. The Balaban J connectivity index is 2.16. The summed E-state index contributed by atoms with van der Waals surface area (Å²) in [5.41, 5.74) is 3.22. The zero-order valence-electron chi connectivity index (χ0n) is 13.8. The number of carbonyl (C=O) groups excluding carboxylic acids is 1. The number of amides is 1. The van der Waals surface area contributed by atoms with E-state index in [4.69, 9.17) is 11.6 Å². The molecule has 1 aromatic heterocycles. The van der Waals surface area contributed by atoms with E-state index in [2.05, 4.69) is 17.2 Å². The number of rotatable bonds is 6. The number of pyridine rings is 1. The summed E-state index contributed by atoms with van der Waals surface area (Å²) in [6.07, 6.45) is 5.35. The highest BCUT2D eigenvalue weighted by Crippen LogP contribution is 2.26. The van der Waals surface area contributed by atoms with Crippen molar-refractivity contribution in [1.82, 2.24) is 9.88 Å². The molecule has 0 bridgehead atoms. The average Bonchev–Trinajstić information content (AvgIpc) is 2.56. The summed E-state index contributed by atoms with van der Waals surface area (Å²) in [4.78, 5) is 18.3. The lowest BCUT2D eigenvalue weighted by Gasteiger charge is -2.17. The second-order valence-corrected chi connectivity index (χ2v) is 5.99. The van der Waals surface area contributed by atoms with Gasteiger partial charge in [-0.2, -0.15) is 0 Å². The molecule has 2 aromatic rings. The highest BCUT2D eigenvalue weighted by atomic mass is 35.5. The van der Waals surface area contributed by atoms with Crippen molar-refractivity contribution in [1.29, 1.82) is 0 Å². The molecule has 122 valence electrons. The lowest BCUT2D eigenvalue weighted by atomic mass is 10.2. The van der Waals surface area contributed by atoms with Crippen LogP contribution in [0.4, 0.5) is 11.4 Å². The molecule has 1 heterocycles. The number of nitrogens with zero attached hydrogens (tertiary/aromatic N) is 2. The van der Waals surface area contributed by atoms with E-state index in [1.807, 2.05) is 38.2 Å². The van der Waals surface area contributed by atoms with Gasteiger partial charge in [0.05, 0.1) is 17.4 Å². The average molecular weight is 332 g/mol. The Morgan fingerprint density at radius 1 is 1.35 bits per heavy atom. The minimum absolute atomic E-state index is 0.0163. The smallest absolute Gasteiger partial charge is 0.255 e. The molecule has 0 fully saturated rings. The second kappa shape index (κ2) is 7.97. The van der Waals surface area contributed by atoms with Gasteiger partial charge in [-0.25, -0.2) is 0 Å². The maximum atomic E-state index is 12.4. The first-order valence-corrected chi connectivity index (χ1v) is 8.13. The first kappa shape index (κ1) is 17.3. The van der Waals surface area contributed by atoms with E-state index in [0.717, 1.165) is 36.3 Å². The largest absolute Gasteiger partial charge is 0.354 e. The van der Waals surface area contributed by atoms with Crippen LogP contribution in [0.1, 0.15) is 35.7 Å². The monoisotopic (exact) mass is 331 g/mol. The third kappa shape index (κ3) is 4.45. The number of carbonyl (C=O) groups is 1. The highest BCUT2D eigenvalue weighted by molar-refractivity contribution is 6.31. The topological polar surface area (TPSA) is 45.2 Å². The first-order valence-electron chi connectivity index (χ1n) is 7.75. The van der Waals surface area contributed by atoms with E-state index in [9.17, 15) is 4.79 Å². The molecule has 0 atom stereocenters. The van der Waals surface area contributed by atoms with Gasteiger partial charge in [-0.15, -0.1) is 0 Å². The summed E-state index contributed by atoms with van der Waals surface area (Å²) >= 11 is 6.14. The van der Waals surface area contributed by atoms with Crippen LogP contribution < -0.4 is 5.32 Å². The van der Waals surface area contributed by atoms with Gasteiger partial charge in [-0.05, 0) is 37.1 Å². The first-order chi connectivity index (χ1) is 11.0. The van der Waals surface area contributed by atoms with Gasteiger partial charge in [0.25, 0.3) is 5.91 Å². The molecule has 0 aliphatic heterocycles. The normalized spacial score (nSPS) is 10.4. The zero-order chi connectivity index (χ0) is 16.8. The van der Waals surface area contributed by atoms with Gasteiger partial charge in [0.15, 0.2) is 0 Å². The molecule has 0 radical (unpaired) electrons. The quantitative estimate of drug-likeness (QED) is 0.837. The molecular weight excluding hydrogens is 310 g/mol. The van der Waals surface area contributed by atoms with Crippen LogP contribution in [0.3, 0.4) is 0 Å². The van der Waals surface area contributed by atoms with Gasteiger partial charge < -0.3 is 10.2 Å². The SMILES string of the molecule is CCCCN(C)C(=O)c1cncc(Nc2cccc(Cl)c2C)c1. The molecule has 5 heteroatoms. The number of halogens is 1. The Bertz CT molecular complexity index is 688. The molecule has 0 aliphatic carbocycles. The van der Waals surface area contributed by atoms with E-state index in [-0.39, 0.29) is 5.91 Å². The van der Waals surface area contributed by atoms with Crippen LogP contribution in [-0.2, 0) is 0 Å². The molecule has 1 N–H and O–H groups in total. The molecular formula is C18H22ClN3O. The molecule has 4 nitrogen and oxygen atoms in total. The summed E-state index contributed by atoms with van der Waals surface area (Å²) in [5.74, 6) is -0.0163.